The maximum atomic E-state index is 7.57. The molecule has 98 valence electrons. The minimum atomic E-state index is 0.250. The third kappa shape index (κ3) is 9.13. The van der Waals surface area contributed by atoms with E-state index in [-0.39, 0.29) is 6.61 Å². The van der Waals surface area contributed by atoms with Gasteiger partial charge < -0.3 is 14.9 Å². The maximum absolute atomic E-state index is 7.57. The van der Waals surface area contributed by atoms with E-state index in [1.807, 2.05) is 0 Å². The summed E-state index contributed by atoms with van der Waals surface area (Å²) >= 11 is 0. The van der Waals surface area contributed by atoms with Crippen LogP contribution >= 0.6 is 0 Å². The Bertz CT molecular complexity index is 134. The van der Waals surface area contributed by atoms with Crippen molar-refractivity contribution in [1.29, 1.82) is 0 Å². The molecule has 1 N–H and O–H groups in total. The van der Waals surface area contributed by atoms with Gasteiger partial charge in [-0.15, -0.1) is 0 Å². The summed E-state index contributed by atoms with van der Waals surface area (Å²) in [7, 11) is 2.22. The molecule has 0 radical (unpaired) electrons. The molecule has 0 amide bonds. The molecule has 1 aliphatic rings. The zero-order valence-corrected chi connectivity index (χ0v) is 11.4. The van der Waals surface area contributed by atoms with Crippen LogP contribution in [0.2, 0.25) is 0 Å². The Morgan fingerprint density at radius 3 is 2.00 bits per heavy atom. The molecule has 3 nitrogen and oxygen atoms in total. The van der Waals surface area contributed by atoms with E-state index in [1.54, 1.807) is 6.92 Å². The van der Waals surface area contributed by atoms with Crippen molar-refractivity contribution in [2.45, 2.75) is 39.5 Å². The summed E-state index contributed by atoms with van der Waals surface area (Å²) in [5.41, 5.74) is 0. The van der Waals surface area contributed by atoms with Crippen molar-refractivity contribution in [3.05, 3.63) is 0 Å². The number of unbranched alkanes of at least 4 members (excludes halogenated alkanes) is 3. The molecule has 3 heteroatoms. The molecular formula is C13H30N2O. The lowest BCUT2D eigenvalue weighted by molar-refractivity contribution is 0.152. The van der Waals surface area contributed by atoms with Gasteiger partial charge in [0.25, 0.3) is 0 Å². The summed E-state index contributed by atoms with van der Waals surface area (Å²) in [4.78, 5) is 5.03. The fraction of sp³-hybridized carbons (Fsp3) is 1.00. The first-order chi connectivity index (χ1) is 7.74. The number of hydrogen-bond acceptors (Lipinski definition) is 3. The second-order valence-electron chi connectivity index (χ2n) is 4.52. The lowest BCUT2D eigenvalue weighted by Crippen LogP contribution is -2.44. The van der Waals surface area contributed by atoms with Crippen LogP contribution in [0.5, 0.6) is 0 Å². The van der Waals surface area contributed by atoms with Crippen LogP contribution in [-0.4, -0.2) is 61.3 Å². The molecule has 1 rings (SSSR count). The van der Waals surface area contributed by atoms with Crippen molar-refractivity contribution in [3.63, 3.8) is 0 Å². The molecule has 0 aliphatic carbocycles. The fourth-order valence-corrected chi connectivity index (χ4v) is 1.83. The molecule has 16 heavy (non-hydrogen) atoms. The van der Waals surface area contributed by atoms with Crippen LogP contribution in [0.25, 0.3) is 0 Å². The fourth-order valence-electron chi connectivity index (χ4n) is 1.83. The van der Waals surface area contributed by atoms with Crippen molar-refractivity contribution >= 4 is 0 Å². The molecule has 0 atom stereocenters. The molecule has 1 saturated heterocycles. The Hall–Kier alpha value is -0.120. The summed E-state index contributed by atoms with van der Waals surface area (Å²) in [5, 5.41) is 7.57. The highest BCUT2D eigenvalue weighted by Crippen LogP contribution is 2.04. The maximum Gasteiger partial charge on any atom is 0.0402 e. The predicted octanol–water partition coefficient (Wildman–Crippen LogP) is 1.81. The Morgan fingerprint density at radius 2 is 1.50 bits per heavy atom. The van der Waals surface area contributed by atoms with Crippen LogP contribution in [0.15, 0.2) is 0 Å². The van der Waals surface area contributed by atoms with E-state index in [1.165, 1.54) is 58.4 Å². The standard InChI is InChI=1S/C11H24N2.C2H6O/c1-3-4-5-6-7-13-10-8-12(2)9-11-13;1-2-3/h3-11H2,1-2H3;3H,2H2,1H3. The molecular weight excluding hydrogens is 200 g/mol. The molecule has 0 aromatic carbocycles. The average molecular weight is 230 g/mol. The van der Waals surface area contributed by atoms with Crippen molar-refractivity contribution < 1.29 is 5.11 Å². The summed E-state index contributed by atoms with van der Waals surface area (Å²) in [6.07, 6.45) is 5.58. The predicted molar refractivity (Wildman–Crippen MR) is 70.8 cm³/mol. The van der Waals surface area contributed by atoms with E-state index < -0.39 is 0 Å². The Kier molecular flexibility index (Phi) is 11.3. The van der Waals surface area contributed by atoms with E-state index in [0.717, 1.165) is 0 Å². The van der Waals surface area contributed by atoms with Gasteiger partial charge in [-0.3, -0.25) is 0 Å². The van der Waals surface area contributed by atoms with Gasteiger partial charge in [-0.05, 0) is 26.9 Å². The summed E-state index contributed by atoms with van der Waals surface area (Å²) in [5.74, 6) is 0. The van der Waals surface area contributed by atoms with Crippen molar-refractivity contribution in [1.82, 2.24) is 9.80 Å². The van der Waals surface area contributed by atoms with E-state index in [4.69, 9.17) is 5.11 Å². The molecule has 1 aliphatic heterocycles. The van der Waals surface area contributed by atoms with E-state index >= 15 is 0 Å². The smallest absolute Gasteiger partial charge is 0.0402 e. The van der Waals surface area contributed by atoms with Crippen molar-refractivity contribution in [2.75, 3.05) is 46.4 Å². The highest BCUT2D eigenvalue weighted by Gasteiger charge is 2.12. The monoisotopic (exact) mass is 230 g/mol. The summed E-state index contributed by atoms with van der Waals surface area (Å²) in [6.45, 7) is 10.6. The largest absolute Gasteiger partial charge is 0.397 e. The summed E-state index contributed by atoms with van der Waals surface area (Å²) < 4.78 is 0. The number of aliphatic hydroxyl groups is 1. The van der Waals surface area contributed by atoms with Crippen LogP contribution in [-0.2, 0) is 0 Å². The number of aliphatic hydroxyl groups excluding tert-OH is 1. The first kappa shape index (κ1) is 15.9. The average Bonchev–Trinajstić information content (AvgIpc) is 2.28. The topological polar surface area (TPSA) is 26.7 Å². The van der Waals surface area contributed by atoms with Gasteiger partial charge >= 0.3 is 0 Å². The van der Waals surface area contributed by atoms with Gasteiger partial charge in [-0.1, -0.05) is 26.2 Å². The van der Waals surface area contributed by atoms with Gasteiger partial charge in [-0.25, -0.2) is 0 Å². The molecule has 1 heterocycles. The zero-order chi connectivity index (χ0) is 12.2. The lowest BCUT2D eigenvalue weighted by Gasteiger charge is -2.32. The van der Waals surface area contributed by atoms with Crippen LogP contribution in [0, 0.1) is 0 Å². The second-order valence-corrected chi connectivity index (χ2v) is 4.52. The quantitative estimate of drug-likeness (QED) is 0.730. The SMILES string of the molecule is CCCCCCN1CCN(C)CC1.CCO. The van der Waals surface area contributed by atoms with Crippen LogP contribution in [0.1, 0.15) is 39.5 Å². The van der Waals surface area contributed by atoms with Gasteiger partial charge in [0.1, 0.15) is 0 Å². The van der Waals surface area contributed by atoms with E-state index in [0.29, 0.717) is 0 Å². The third-order valence-corrected chi connectivity index (χ3v) is 2.92. The Labute approximate surface area is 101 Å². The van der Waals surface area contributed by atoms with E-state index in [9.17, 15) is 0 Å². The van der Waals surface area contributed by atoms with Crippen LogP contribution < -0.4 is 0 Å². The number of nitrogens with zero attached hydrogens (tertiary/aromatic N) is 2. The van der Waals surface area contributed by atoms with Gasteiger partial charge in [0.15, 0.2) is 0 Å². The first-order valence-corrected chi connectivity index (χ1v) is 6.76. The van der Waals surface area contributed by atoms with Gasteiger partial charge in [0.2, 0.25) is 0 Å². The van der Waals surface area contributed by atoms with Crippen LogP contribution in [0.4, 0.5) is 0 Å². The van der Waals surface area contributed by atoms with Gasteiger partial charge in [-0.2, -0.15) is 0 Å². The molecule has 0 aromatic heterocycles. The lowest BCUT2D eigenvalue weighted by atomic mass is 10.2. The molecule has 0 bridgehead atoms. The molecule has 1 fully saturated rings. The minimum absolute atomic E-state index is 0.250. The molecule has 0 aromatic rings. The van der Waals surface area contributed by atoms with Crippen molar-refractivity contribution in [2.24, 2.45) is 0 Å². The van der Waals surface area contributed by atoms with Crippen molar-refractivity contribution in [3.8, 4) is 0 Å². The number of hydrogen-bond donors (Lipinski definition) is 1. The highest BCUT2D eigenvalue weighted by atomic mass is 16.2. The number of rotatable bonds is 5. The molecule has 0 saturated carbocycles. The highest BCUT2D eigenvalue weighted by molar-refractivity contribution is 4.68. The molecule has 0 unspecified atom stereocenters. The van der Waals surface area contributed by atoms with Gasteiger partial charge in [0.05, 0.1) is 0 Å². The normalized spacial score (nSPS) is 18.0. The molecule has 0 spiro atoms. The third-order valence-electron chi connectivity index (χ3n) is 2.92. The second kappa shape index (κ2) is 11.4. The van der Waals surface area contributed by atoms with E-state index in [2.05, 4.69) is 23.8 Å². The van der Waals surface area contributed by atoms with Gasteiger partial charge in [0, 0.05) is 32.8 Å². The minimum Gasteiger partial charge on any atom is -0.397 e. The Morgan fingerprint density at radius 1 is 0.938 bits per heavy atom. The summed E-state index contributed by atoms with van der Waals surface area (Å²) in [6, 6.07) is 0. The number of piperazine rings is 1. The number of likely N-dealkylation sites (N-methyl/N-ethyl adjacent to an activating group) is 1. The first-order valence-electron chi connectivity index (χ1n) is 6.76. The zero-order valence-electron chi connectivity index (χ0n) is 11.4. The van der Waals surface area contributed by atoms with Crippen LogP contribution in [0.3, 0.4) is 0 Å². The Balaban J connectivity index is 0.000000673.